The molecule has 2 amide bonds. The Hall–Kier alpha value is -8.25. The minimum Gasteiger partial charge on any atom is -0.497 e. The van der Waals surface area contributed by atoms with Gasteiger partial charge in [0.15, 0.2) is 15.7 Å². The zero-order valence-electron chi connectivity index (χ0n) is 61.3. The smallest absolute Gasteiger partial charge is 0.328 e. The summed E-state index contributed by atoms with van der Waals surface area (Å²) in [5.41, 5.74) is 1.37. The van der Waals surface area contributed by atoms with Gasteiger partial charge in [0.05, 0.1) is 91.7 Å². The number of benzene rings is 3. The van der Waals surface area contributed by atoms with Crippen molar-refractivity contribution in [3.05, 3.63) is 98.3 Å². The van der Waals surface area contributed by atoms with Gasteiger partial charge in [0.1, 0.15) is 52.3 Å². The summed E-state index contributed by atoms with van der Waals surface area (Å²) in [7, 11) is 0.240. The molecular weight excluding hydrogens is 1440 g/mol. The zero-order chi connectivity index (χ0) is 75.7. The van der Waals surface area contributed by atoms with E-state index in [9.17, 15) is 47.1 Å². The number of carboxylic acids is 1. The molecule has 6 heterocycles. The normalized spacial score (nSPS) is 17.0. The van der Waals surface area contributed by atoms with E-state index in [0.717, 1.165) is 21.5 Å². The van der Waals surface area contributed by atoms with Crippen LogP contribution in [0.15, 0.2) is 97.7 Å². The van der Waals surface area contributed by atoms with Crippen molar-refractivity contribution in [2.45, 2.75) is 189 Å². The Morgan fingerprint density at radius 1 is 0.637 bits per heavy atom. The lowest BCUT2D eigenvalue weighted by molar-refractivity contribution is -0.162. The second kappa shape index (κ2) is 33.5. The molecule has 29 heteroatoms. The first-order chi connectivity index (χ1) is 47.4. The average molecular weight is 1530 g/mol. The van der Waals surface area contributed by atoms with Crippen LogP contribution in [0.25, 0.3) is 44.6 Å². The van der Waals surface area contributed by atoms with Crippen molar-refractivity contribution in [2.75, 3.05) is 45.1 Å². The second-order valence-electron chi connectivity index (χ2n) is 29.7. The molecule has 9 rings (SSSR count). The van der Waals surface area contributed by atoms with Crippen LogP contribution < -0.4 is 30.3 Å². The summed E-state index contributed by atoms with van der Waals surface area (Å²) >= 11 is 6.25. The first-order valence-corrected chi connectivity index (χ1v) is 37.3. The predicted octanol–water partition coefficient (Wildman–Crippen LogP) is 13.2. The number of fused-ring (bicyclic) bond motifs is 2. The van der Waals surface area contributed by atoms with Gasteiger partial charge in [-0.2, -0.15) is 8.42 Å². The molecular formula is C73H95BrN8O17S3. The molecule has 0 bridgehead atoms. The summed E-state index contributed by atoms with van der Waals surface area (Å²) in [6.07, 6.45) is -1.90. The van der Waals surface area contributed by atoms with Gasteiger partial charge in [0, 0.05) is 81.7 Å². The van der Waals surface area contributed by atoms with E-state index in [1.54, 1.807) is 104 Å². The Labute approximate surface area is 612 Å². The highest BCUT2D eigenvalue weighted by atomic mass is 79.9. The molecule has 4 N–H and O–H groups in total. The number of nitrogens with one attached hydrogen (secondary N) is 3. The number of rotatable bonds is 21. The summed E-state index contributed by atoms with van der Waals surface area (Å²) in [4.78, 5) is 110. The molecule has 6 atom stereocenters. The molecule has 2 fully saturated rings. The Balaban J connectivity index is 0.000000227. The Morgan fingerprint density at radius 2 is 1.13 bits per heavy atom. The lowest BCUT2D eigenvalue weighted by Crippen LogP contribution is -2.48. The number of aromatic nitrogens is 4. The SMILES string of the molecule is COC(=O)[C@@H]1C[C@H](OS(=O)(=O)c2ccc(Br)cc2)CN1C(=O)[C@@H](CC(=O)OC(C)(C)C)C(C)(C)C.COc1ccc2c(=O)cc(-c3csc(NC(C)C)n3)[nH]c2c1.COc1ccc2c(OC3C[C@@H](C(=O)O)N(C(=O)[C@@H](CC(=O)OC(C)(C)C)C(C)(C)C)C3)cc(-c3csc(NC(C)C)n3)nc2c1. The van der Waals surface area contributed by atoms with E-state index >= 15 is 0 Å². The first-order valence-electron chi connectivity index (χ1n) is 33.3. The molecule has 1 unspecified atom stereocenters. The number of esters is 3. The summed E-state index contributed by atoms with van der Waals surface area (Å²) in [6, 6.07) is 18.5. The molecule has 102 heavy (non-hydrogen) atoms. The van der Waals surface area contributed by atoms with Gasteiger partial charge in [0.25, 0.3) is 10.1 Å². The molecule has 7 aromatic rings. The van der Waals surface area contributed by atoms with Crippen molar-refractivity contribution in [3.8, 4) is 40.0 Å². The number of pyridine rings is 2. The van der Waals surface area contributed by atoms with E-state index in [4.69, 9.17) is 42.6 Å². The first kappa shape index (κ1) is 81.1. The zero-order valence-corrected chi connectivity index (χ0v) is 65.3. The van der Waals surface area contributed by atoms with Gasteiger partial charge in [-0.15, -0.1) is 22.7 Å². The Kier molecular flexibility index (Phi) is 26.6. The fourth-order valence-electron chi connectivity index (χ4n) is 11.3. The summed E-state index contributed by atoms with van der Waals surface area (Å²) in [5.74, 6) is -3.50. The second-order valence-corrected chi connectivity index (χ2v) is 33.9. The largest absolute Gasteiger partial charge is 0.497 e. The van der Waals surface area contributed by atoms with E-state index < -0.39 is 104 Å². The molecule has 4 aromatic heterocycles. The number of carboxylic acid groups (broad SMARTS) is 1. The van der Waals surface area contributed by atoms with Crippen LogP contribution >= 0.6 is 38.6 Å². The lowest BCUT2D eigenvalue weighted by atomic mass is 9.77. The Bertz CT molecular complexity index is 4320. The molecule has 2 saturated heterocycles. The molecule has 0 saturated carbocycles. The van der Waals surface area contributed by atoms with E-state index in [0.29, 0.717) is 61.1 Å². The van der Waals surface area contributed by atoms with Gasteiger partial charge in [0.2, 0.25) is 11.8 Å². The van der Waals surface area contributed by atoms with E-state index in [2.05, 4.69) is 50.4 Å². The maximum Gasteiger partial charge on any atom is 0.328 e. The van der Waals surface area contributed by atoms with Crippen LogP contribution in [0, 0.1) is 22.7 Å². The maximum absolute atomic E-state index is 14.0. The number of anilines is 2. The number of hydrogen-bond donors (Lipinski definition) is 4. The quantitative estimate of drug-likeness (QED) is 0.0295. The van der Waals surface area contributed by atoms with Crippen molar-refractivity contribution in [3.63, 3.8) is 0 Å². The lowest BCUT2D eigenvalue weighted by Gasteiger charge is -2.34. The van der Waals surface area contributed by atoms with Crippen LogP contribution in [0.5, 0.6) is 17.2 Å². The molecule has 25 nitrogen and oxygen atoms in total. The van der Waals surface area contributed by atoms with E-state index in [1.165, 1.54) is 51.7 Å². The number of likely N-dealkylation sites (tertiary alicyclic amines) is 2. The molecule has 3 aromatic carbocycles. The maximum atomic E-state index is 14.0. The minimum absolute atomic E-state index is 0.0298. The third-order valence-electron chi connectivity index (χ3n) is 16.2. The van der Waals surface area contributed by atoms with Crippen molar-refractivity contribution in [2.24, 2.45) is 22.7 Å². The number of aromatic amines is 1. The third-order valence-corrected chi connectivity index (χ3v) is 19.6. The topological polar surface area (TPSA) is 323 Å². The van der Waals surface area contributed by atoms with Crippen molar-refractivity contribution in [1.29, 1.82) is 0 Å². The summed E-state index contributed by atoms with van der Waals surface area (Å²) < 4.78 is 64.6. The number of thiazole rings is 2. The van der Waals surface area contributed by atoms with Crippen LogP contribution in [-0.2, 0) is 57.3 Å². The number of methoxy groups -OCH3 is 3. The van der Waals surface area contributed by atoms with Gasteiger partial charge >= 0.3 is 23.9 Å². The minimum atomic E-state index is -4.14. The van der Waals surface area contributed by atoms with Gasteiger partial charge in [-0.05, 0) is 129 Å². The van der Waals surface area contributed by atoms with Crippen LogP contribution in [0.3, 0.4) is 0 Å². The standard InChI is InChI=1S/C33H44N4O7S.C24H34BrNO8S.C16H17N3O2S/c1-18(2)34-31-36-25(17-45-31)24-15-27(21-11-10-19(42-9)12-23(21)35-24)43-20-13-26(30(40)41)37(16-20)29(39)22(32(3,4)5)14-28(38)44-33(6,7)8;1-23(2,3)18(13-20(27)33-24(4,5)6)21(28)26-14-16(12-19(26)22(29)32-7)34-35(30,31)17-10-8-15(25)9-11-17;1-9(2)17-16-19-14(8-22-16)13-7-15(20)11-5-4-10(21-3)6-12(11)18-13/h10-12,15,17-18,20,22,26H,13-14,16H2,1-9H3,(H,34,36)(H,40,41);8-11,16,18-19H,12-14H2,1-7H3;4-9H,1-3H3,(H,17,19)(H,18,20)/t20?,22-,26+;16-,18+,19-;/m10./s1. The number of halogens is 1. The van der Waals surface area contributed by atoms with Crippen molar-refractivity contribution < 1.29 is 74.9 Å². The molecule has 0 aliphatic carbocycles. The number of aliphatic carboxylic acids is 1. The fourth-order valence-corrected chi connectivity index (χ4v) is 14.4. The third kappa shape index (κ3) is 22.1. The van der Waals surface area contributed by atoms with E-state index in [-0.39, 0.29) is 55.1 Å². The molecule has 554 valence electrons. The number of amides is 2. The molecule has 0 radical (unpaired) electrons. The van der Waals surface area contributed by atoms with Crippen LogP contribution in [0.2, 0.25) is 0 Å². The number of carbonyl (C=O) groups excluding carboxylic acids is 5. The molecule has 0 spiro atoms. The van der Waals surface area contributed by atoms with Crippen LogP contribution in [-0.4, -0.2) is 161 Å². The van der Waals surface area contributed by atoms with Gasteiger partial charge in [-0.3, -0.25) is 28.2 Å². The predicted molar refractivity (Wildman–Crippen MR) is 396 cm³/mol. The molecule has 2 aliphatic heterocycles. The summed E-state index contributed by atoms with van der Waals surface area (Å²) in [5, 5.41) is 23.5. The van der Waals surface area contributed by atoms with Crippen LogP contribution in [0.1, 0.15) is 136 Å². The van der Waals surface area contributed by atoms with Crippen molar-refractivity contribution >= 4 is 116 Å². The highest BCUT2D eigenvalue weighted by Gasteiger charge is 2.49. The monoisotopic (exact) mass is 1530 g/mol. The number of hydrogen-bond acceptors (Lipinski definition) is 23. The van der Waals surface area contributed by atoms with Gasteiger partial charge in [-0.1, -0.05) is 57.5 Å². The highest BCUT2D eigenvalue weighted by molar-refractivity contribution is 9.10. The highest BCUT2D eigenvalue weighted by Crippen LogP contribution is 2.40. The average Bonchev–Trinajstić information content (AvgIpc) is 1.46. The van der Waals surface area contributed by atoms with Gasteiger partial charge in [-0.25, -0.2) is 24.5 Å². The number of H-pyrrole nitrogens is 1. The van der Waals surface area contributed by atoms with Crippen molar-refractivity contribution in [1.82, 2.24) is 29.7 Å². The van der Waals surface area contributed by atoms with Crippen LogP contribution in [0.4, 0.5) is 10.3 Å². The summed E-state index contributed by atoms with van der Waals surface area (Å²) in [6.45, 7) is 29.6. The number of carbonyl (C=O) groups is 6. The molecule has 2 aliphatic rings. The Morgan fingerprint density at radius 3 is 1.63 bits per heavy atom. The number of nitrogens with zero attached hydrogens (tertiary/aromatic N) is 5. The van der Waals surface area contributed by atoms with E-state index in [1.807, 2.05) is 78.3 Å². The number of ether oxygens (including phenoxy) is 6. The van der Waals surface area contributed by atoms with Gasteiger partial charge < -0.3 is 58.9 Å². The fraction of sp³-hybridized carbons (Fsp3) is 0.507.